The van der Waals surface area contributed by atoms with Gasteiger partial charge in [-0.3, -0.25) is 0 Å². The predicted molar refractivity (Wildman–Crippen MR) is 92.1 cm³/mol. The number of hydrogen-bond donors (Lipinski definition) is 2. The number of aromatic carboxylic acids is 1. The Morgan fingerprint density at radius 3 is 2.42 bits per heavy atom. The number of carboxylic acid groups (broad SMARTS) is 1. The van der Waals surface area contributed by atoms with Crippen LogP contribution in [0.5, 0.6) is 0 Å². The van der Waals surface area contributed by atoms with Gasteiger partial charge in [-0.15, -0.1) is 0 Å². The van der Waals surface area contributed by atoms with Gasteiger partial charge in [0.05, 0.1) is 10.5 Å². The number of hydrogen-bond acceptors (Lipinski definition) is 4. The fraction of sp³-hybridized carbons (Fsp3) is 0.235. The molecule has 0 bridgehead atoms. The first-order valence-corrected chi connectivity index (χ1v) is 8.97. The molecule has 7 heteroatoms. The summed E-state index contributed by atoms with van der Waals surface area (Å²) >= 11 is 0. The molecule has 128 valence electrons. The summed E-state index contributed by atoms with van der Waals surface area (Å²) < 4.78 is 27.3. The minimum absolute atomic E-state index is 0.181. The first kappa shape index (κ1) is 18.0. The van der Waals surface area contributed by atoms with Crippen LogP contribution in [0.25, 0.3) is 0 Å². The topological polar surface area (TPSA) is 101 Å². The van der Waals surface area contributed by atoms with Crippen LogP contribution in [0.15, 0.2) is 53.4 Å². The van der Waals surface area contributed by atoms with E-state index >= 15 is 0 Å². The van der Waals surface area contributed by atoms with Crippen LogP contribution in [0.4, 0.5) is 5.69 Å². The first-order valence-electron chi connectivity index (χ1n) is 7.53. The number of nitrogens with zero attached hydrogens (tertiary/aromatic N) is 1. The molecule has 0 heterocycles. The van der Waals surface area contributed by atoms with Crippen LogP contribution in [0.1, 0.15) is 29.3 Å². The van der Waals surface area contributed by atoms with Crippen LogP contribution in [0.2, 0.25) is 0 Å². The summed E-state index contributed by atoms with van der Waals surface area (Å²) in [5.41, 5.74) is 6.32. The van der Waals surface area contributed by atoms with Crippen LogP contribution in [-0.2, 0) is 16.6 Å². The molecule has 6 nitrogen and oxygen atoms in total. The molecule has 0 fully saturated rings. The summed E-state index contributed by atoms with van der Waals surface area (Å²) in [6.45, 7) is 2.34. The molecule has 0 saturated heterocycles. The summed E-state index contributed by atoms with van der Waals surface area (Å²) in [4.78, 5) is 11.2. The monoisotopic (exact) mass is 348 g/mol. The van der Waals surface area contributed by atoms with Gasteiger partial charge in [-0.2, -0.15) is 4.31 Å². The fourth-order valence-corrected chi connectivity index (χ4v) is 4.08. The third-order valence-corrected chi connectivity index (χ3v) is 5.43. The highest BCUT2D eigenvalue weighted by Gasteiger charge is 2.28. The van der Waals surface area contributed by atoms with Crippen LogP contribution < -0.4 is 5.73 Å². The second kappa shape index (κ2) is 7.46. The van der Waals surface area contributed by atoms with Crippen molar-refractivity contribution in [3.05, 3.63) is 59.7 Å². The molecule has 0 aliphatic heterocycles. The van der Waals surface area contributed by atoms with Gasteiger partial charge in [0.25, 0.3) is 0 Å². The Morgan fingerprint density at radius 2 is 1.83 bits per heavy atom. The van der Waals surface area contributed by atoms with Crippen molar-refractivity contribution in [3.8, 4) is 0 Å². The summed E-state index contributed by atoms with van der Waals surface area (Å²) in [6, 6.07) is 13.0. The Bertz CT molecular complexity index is 820. The van der Waals surface area contributed by atoms with Crippen molar-refractivity contribution in [2.75, 3.05) is 12.3 Å². The number of nitrogen functional groups attached to an aromatic ring is 1. The fourth-order valence-electron chi connectivity index (χ4n) is 2.40. The quantitative estimate of drug-likeness (QED) is 0.749. The molecule has 2 aromatic rings. The molecule has 0 unspecified atom stereocenters. The van der Waals surface area contributed by atoms with Gasteiger partial charge in [0.15, 0.2) is 0 Å². The van der Waals surface area contributed by atoms with Crippen molar-refractivity contribution in [3.63, 3.8) is 0 Å². The average Bonchev–Trinajstić information content (AvgIpc) is 2.55. The second-order valence-electron chi connectivity index (χ2n) is 5.38. The molecule has 0 aliphatic rings. The maximum atomic E-state index is 13.0. The molecule has 0 amide bonds. The molecule has 3 N–H and O–H groups in total. The molecule has 2 rings (SSSR count). The molecule has 0 atom stereocenters. The minimum atomic E-state index is -3.96. The molecule has 0 radical (unpaired) electrons. The van der Waals surface area contributed by atoms with E-state index in [0.717, 1.165) is 5.56 Å². The summed E-state index contributed by atoms with van der Waals surface area (Å²) in [5.74, 6) is -1.32. The van der Waals surface area contributed by atoms with Crippen molar-refractivity contribution in [1.29, 1.82) is 0 Å². The lowest BCUT2D eigenvalue weighted by Crippen LogP contribution is -2.32. The molecule has 0 aliphatic carbocycles. The highest BCUT2D eigenvalue weighted by atomic mass is 32.2. The molecule has 0 spiro atoms. The highest BCUT2D eigenvalue weighted by Crippen LogP contribution is 2.24. The van der Waals surface area contributed by atoms with E-state index in [1.165, 1.54) is 22.5 Å². The number of sulfonamides is 1. The van der Waals surface area contributed by atoms with Gasteiger partial charge in [0.1, 0.15) is 0 Å². The Kier molecular flexibility index (Phi) is 5.58. The highest BCUT2D eigenvalue weighted by molar-refractivity contribution is 7.89. The number of nitrogens with two attached hydrogens (primary N) is 1. The van der Waals surface area contributed by atoms with E-state index in [0.29, 0.717) is 13.0 Å². The zero-order valence-electron chi connectivity index (χ0n) is 13.3. The second-order valence-corrected chi connectivity index (χ2v) is 7.29. The van der Waals surface area contributed by atoms with E-state index in [9.17, 15) is 18.3 Å². The van der Waals surface area contributed by atoms with Crippen LogP contribution in [0, 0.1) is 0 Å². The van der Waals surface area contributed by atoms with Gasteiger partial charge in [0.2, 0.25) is 10.0 Å². The van der Waals surface area contributed by atoms with E-state index in [4.69, 9.17) is 5.73 Å². The maximum absolute atomic E-state index is 13.0. The largest absolute Gasteiger partial charge is 0.478 e. The van der Waals surface area contributed by atoms with E-state index in [1.807, 2.05) is 37.3 Å². The Balaban J connectivity index is 2.47. The summed E-state index contributed by atoms with van der Waals surface area (Å²) in [6.07, 6.45) is 0.615. The van der Waals surface area contributed by atoms with Gasteiger partial charge in [-0.1, -0.05) is 37.3 Å². The predicted octanol–water partition coefficient (Wildman–Crippen LogP) is 2.57. The molecular weight excluding hydrogens is 328 g/mol. The summed E-state index contributed by atoms with van der Waals surface area (Å²) in [5, 5.41) is 9.32. The minimum Gasteiger partial charge on any atom is -0.478 e. The Morgan fingerprint density at radius 1 is 1.17 bits per heavy atom. The SMILES string of the molecule is CCCN(Cc1ccccc1)S(=O)(=O)c1ccc(N)cc1C(=O)O. The zero-order valence-corrected chi connectivity index (χ0v) is 14.2. The summed E-state index contributed by atoms with van der Waals surface area (Å²) in [7, 11) is -3.96. The lowest BCUT2D eigenvalue weighted by Gasteiger charge is -2.22. The third kappa shape index (κ3) is 3.93. The number of benzene rings is 2. The van der Waals surface area contributed by atoms with E-state index in [2.05, 4.69) is 0 Å². The molecule has 2 aromatic carbocycles. The lowest BCUT2D eigenvalue weighted by molar-refractivity contribution is 0.0692. The molecule has 24 heavy (non-hydrogen) atoms. The van der Waals surface area contributed by atoms with Crippen molar-refractivity contribution >= 4 is 21.7 Å². The number of anilines is 1. The van der Waals surface area contributed by atoms with E-state index in [1.54, 1.807) is 0 Å². The molecule has 0 saturated carbocycles. The van der Waals surface area contributed by atoms with Crippen molar-refractivity contribution in [2.45, 2.75) is 24.8 Å². The smallest absolute Gasteiger partial charge is 0.337 e. The van der Waals surface area contributed by atoms with Crippen molar-refractivity contribution in [1.82, 2.24) is 4.31 Å². The maximum Gasteiger partial charge on any atom is 0.337 e. The van der Waals surface area contributed by atoms with Gasteiger partial charge >= 0.3 is 5.97 Å². The van der Waals surface area contributed by atoms with Crippen molar-refractivity contribution < 1.29 is 18.3 Å². The average molecular weight is 348 g/mol. The number of carboxylic acids is 1. The van der Waals surface area contributed by atoms with Gasteiger partial charge < -0.3 is 10.8 Å². The van der Waals surface area contributed by atoms with Crippen molar-refractivity contribution in [2.24, 2.45) is 0 Å². The van der Waals surface area contributed by atoms with Gasteiger partial charge in [-0.25, -0.2) is 13.2 Å². The number of rotatable bonds is 7. The first-order chi connectivity index (χ1) is 11.4. The van der Waals surface area contributed by atoms with E-state index in [-0.39, 0.29) is 22.7 Å². The Labute approximate surface area is 141 Å². The van der Waals surface area contributed by atoms with Gasteiger partial charge in [0, 0.05) is 18.8 Å². The van der Waals surface area contributed by atoms with Crippen LogP contribution in [0.3, 0.4) is 0 Å². The Hall–Kier alpha value is -2.38. The zero-order chi connectivity index (χ0) is 17.7. The molecule has 0 aromatic heterocycles. The van der Waals surface area contributed by atoms with Crippen LogP contribution in [-0.4, -0.2) is 30.3 Å². The van der Waals surface area contributed by atoms with Crippen LogP contribution >= 0.6 is 0 Å². The lowest BCUT2D eigenvalue weighted by atomic mass is 10.2. The third-order valence-electron chi connectivity index (χ3n) is 3.53. The number of carbonyl (C=O) groups is 1. The molecular formula is C17H20N2O4S. The normalized spacial score (nSPS) is 11.6. The standard InChI is InChI=1S/C17H20N2O4S/c1-2-10-19(12-13-6-4-3-5-7-13)24(22,23)16-9-8-14(18)11-15(16)17(20)21/h3-9,11H,2,10,12,18H2,1H3,(H,20,21). The van der Waals surface area contributed by atoms with E-state index < -0.39 is 16.0 Å². The van der Waals surface area contributed by atoms with Gasteiger partial charge in [-0.05, 0) is 30.2 Å².